The zero-order chi connectivity index (χ0) is 6.69. The zero-order valence-corrected chi connectivity index (χ0v) is 5.33. The van der Waals surface area contributed by atoms with Crippen molar-refractivity contribution < 1.29 is 9.47 Å². The van der Waals surface area contributed by atoms with E-state index in [-0.39, 0.29) is 12.4 Å². The molecule has 0 bridgehead atoms. The molecule has 0 aromatic carbocycles. The van der Waals surface area contributed by atoms with E-state index in [1.807, 2.05) is 13.0 Å². The molecule has 1 fully saturated rings. The summed E-state index contributed by atoms with van der Waals surface area (Å²) in [4.78, 5) is 0. The van der Waals surface area contributed by atoms with E-state index >= 15 is 0 Å². The first-order chi connectivity index (χ1) is 4.38. The second-order valence-electron chi connectivity index (χ2n) is 1.86. The Bertz CT molecular complexity index is 130. The summed E-state index contributed by atoms with van der Waals surface area (Å²) in [6.45, 7) is 2.57. The highest BCUT2D eigenvalue weighted by atomic mass is 16.8. The molecule has 0 aliphatic carbocycles. The first-order valence-corrected chi connectivity index (χ1v) is 3.02. The third-order valence-electron chi connectivity index (χ3n) is 1.16. The molecule has 1 heterocycles. The summed E-state index contributed by atoms with van der Waals surface area (Å²) in [6, 6.07) is 2.01. The van der Waals surface area contributed by atoms with Gasteiger partial charge in [-0.15, -0.1) is 0 Å². The van der Waals surface area contributed by atoms with Gasteiger partial charge < -0.3 is 9.47 Å². The molecule has 1 aliphatic heterocycles. The number of hydrogen-bond donors (Lipinski definition) is 0. The van der Waals surface area contributed by atoms with E-state index in [0.717, 1.165) is 0 Å². The molecule has 1 aliphatic rings. The second-order valence-corrected chi connectivity index (χ2v) is 1.86. The van der Waals surface area contributed by atoms with Crippen LogP contribution < -0.4 is 0 Å². The maximum absolute atomic E-state index is 8.18. The van der Waals surface area contributed by atoms with Gasteiger partial charge in [-0.25, -0.2) is 0 Å². The zero-order valence-electron chi connectivity index (χ0n) is 5.33. The van der Waals surface area contributed by atoms with Crippen LogP contribution in [-0.4, -0.2) is 19.0 Å². The minimum atomic E-state index is -0.0883. The lowest BCUT2D eigenvalue weighted by atomic mass is 10.3. The van der Waals surface area contributed by atoms with Gasteiger partial charge in [-0.2, -0.15) is 5.26 Å². The maximum atomic E-state index is 8.18. The third-order valence-corrected chi connectivity index (χ3v) is 1.16. The Labute approximate surface area is 54.2 Å². The van der Waals surface area contributed by atoms with Crippen molar-refractivity contribution in [3.8, 4) is 6.07 Å². The topological polar surface area (TPSA) is 45.5 Å². The highest BCUT2D eigenvalue weighted by Gasteiger charge is 2.39. The summed E-state index contributed by atoms with van der Waals surface area (Å²) in [6.07, 6.45) is 0.412. The van der Waals surface area contributed by atoms with Crippen molar-refractivity contribution in [1.29, 1.82) is 5.26 Å². The predicted octanol–water partition coefficient (Wildman–Crippen LogP) is 0.661. The highest BCUT2D eigenvalue weighted by Crippen LogP contribution is 2.25. The average molecular weight is 127 g/mol. The summed E-state index contributed by atoms with van der Waals surface area (Å²) in [5.74, 6) is 0. The van der Waals surface area contributed by atoms with E-state index in [2.05, 4.69) is 0 Å². The van der Waals surface area contributed by atoms with Crippen molar-refractivity contribution in [3.63, 3.8) is 0 Å². The van der Waals surface area contributed by atoms with E-state index in [9.17, 15) is 0 Å². The van der Waals surface area contributed by atoms with Gasteiger partial charge in [0.1, 0.15) is 6.10 Å². The lowest BCUT2D eigenvalue weighted by Crippen LogP contribution is -1.98. The minimum absolute atomic E-state index is 0.0509. The first kappa shape index (κ1) is 6.53. The fourth-order valence-corrected chi connectivity index (χ4v) is 0.672. The van der Waals surface area contributed by atoms with Crippen LogP contribution in [0.2, 0.25) is 0 Å². The highest BCUT2D eigenvalue weighted by molar-refractivity contribution is 4.86. The van der Waals surface area contributed by atoms with Crippen molar-refractivity contribution in [2.75, 3.05) is 6.61 Å². The standard InChI is InChI=1S/C6H9NO2/c1-2-8-6-5(9-6)3-4-7/h5-6H,2-3H2,1H3. The third kappa shape index (κ3) is 1.67. The molecule has 0 aromatic heterocycles. The van der Waals surface area contributed by atoms with Crippen molar-refractivity contribution in [1.82, 2.24) is 0 Å². The van der Waals surface area contributed by atoms with Crippen LogP contribution >= 0.6 is 0 Å². The normalized spacial score (nSPS) is 31.6. The Hall–Kier alpha value is -0.590. The van der Waals surface area contributed by atoms with Crippen LogP contribution in [0.15, 0.2) is 0 Å². The molecule has 50 valence electrons. The van der Waals surface area contributed by atoms with Gasteiger partial charge in [-0.3, -0.25) is 0 Å². The quantitative estimate of drug-likeness (QED) is 0.523. The largest absolute Gasteiger partial charge is 0.350 e. The Morgan fingerprint density at radius 2 is 2.56 bits per heavy atom. The Kier molecular flexibility index (Phi) is 2.04. The van der Waals surface area contributed by atoms with Gasteiger partial charge in [0.15, 0.2) is 6.29 Å². The lowest BCUT2D eigenvalue weighted by molar-refractivity contribution is 0.0593. The van der Waals surface area contributed by atoms with E-state index in [1.165, 1.54) is 0 Å². The van der Waals surface area contributed by atoms with Crippen molar-refractivity contribution in [2.24, 2.45) is 0 Å². The molecule has 0 saturated carbocycles. The second kappa shape index (κ2) is 2.81. The monoisotopic (exact) mass is 127 g/mol. The molecule has 9 heavy (non-hydrogen) atoms. The Morgan fingerprint density at radius 3 is 3.11 bits per heavy atom. The summed E-state index contributed by atoms with van der Waals surface area (Å²) in [7, 11) is 0. The van der Waals surface area contributed by atoms with Crippen LogP contribution in [0.5, 0.6) is 0 Å². The molecule has 0 spiro atoms. The molecule has 2 unspecified atom stereocenters. The molecule has 2 atom stereocenters. The van der Waals surface area contributed by atoms with Gasteiger partial charge in [0.25, 0.3) is 0 Å². The van der Waals surface area contributed by atoms with E-state index < -0.39 is 0 Å². The lowest BCUT2D eigenvalue weighted by Gasteiger charge is -1.88. The summed E-state index contributed by atoms with van der Waals surface area (Å²) < 4.78 is 10.00. The van der Waals surface area contributed by atoms with Crippen molar-refractivity contribution in [3.05, 3.63) is 0 Å². The van der Waals surface area contributed by atoms with E-state index in [1.54, 1.807) is 0 Å². The molecule has 1 rings (SSSR count). The van der Waals surface area contributed by atoms with Crippen molar-refractivity contribution >= 4 is 0 Å². The van der Waals surface area contributed by atoms with E-state index in [0.29, 0.717) is 13.0 Å². The molecule has 3 heteroatoms. The minimum Gasteiger partial charge on any atom is -0.350 e. The molecule has 0 aromatic rings. The summed E-state index contributed by atoms with van der Waals surface area (Å²) in [5, 5.41) is 8.18. The summed E-state index contributed by atoms with van der Waals surface area (Å²) in [5.41, 5.74) is 0. The smallest absolute Gasteiger partial charge is 0.185 e. The maximum Gasteiger partial charge on any atom is 0.185 e. The first-order valence-electron chi connectivity index (χ1n) is 3.02. The number of nitrogens with zero attached hydrogens (tertiary/aromatic N) is 1. The number of epoxide rings is 1. The van der Waals surface area contributed by atoms with Gasteiger partial charge in [-0.05, 0) is 6.92 Å². The molecule has 3 nitrogen and oxygen atoms in total. The van der Waals surface area contributed by atoms with Crippen molar-refractivity contribution in [2.45, 2.75) is 25.7 Å². The Balaban J connectivity index is 2.04. The number of ether oxygens (including phenoxy) is 2. The predicted molar refractivity (Wildman–Crippen MR) is 30.5 cm³/mol. The van der Waals surface area contributed by atoms with Gasteiger partial charge in [0.05, 0.1) is 12.5 Å². The number of nitriles is 1. The van der Waals surface area contributed by atoms with Crippen LogP contribution in [0, 0.1) is 11.3 Å². The Morgan fingerprint density at radius 1 is 1.78 bits per heavy atom. The van der Waals surface area contributed by atoms with E-state index in [4.69, 9.17) is 14.7 Å². The van der Waals surface area contributed by atoms with Gasteiger partial charge in [0, 0.05) is 6.61 Å². The van der Waals surface area contributed by atoms with Gasteiger partial charge in [0.2, 0.25) is 0 Å². The van der Waals surface area contributed by atoms with Crippen LogP contribution in [0.4, 0.5) is 0 Å². The SMILES string of the molecule is CCOC1OC1CC#N. The van der Waals surface area contributed by atoms with Gasteiger partial charge >= 0.3 is 0 Å². The van der Waals surface area contributed by atoms with Crippen LogP contribution in [-0.2, 0) is 9.47 Å². The fraction of sp³-hybridized carbons (Fsp3) is 0.833. The van der Waals surface area contributed by atoms with Gasteiger partial charge in [-0.1, -0.05) is 0 Å². The molecule has 0 amide bonds. The van der Waals surface area contributed by atoms with Crippen LogP contribution in [0.25, 0.3) is 0 Å². The number of rotatable bonds is 3. The molecule has 1 saturated heterocycles. The fourth-order valence-electron chi connectivity index (χ4n) is 0.672. The summed E-state index contributed by atoms with van der Waals surface area (Å²) >= 11 is 0. The van der Waals surface area contributed by atoms with Crippen LogP contribution in [0.3, 0.4) is 0 Å². The molecule has 0 N–H and O–H groups in total. The molecular weight excluding hydrogens is 118 g/mol. The number of hydrogen-bond acceptors (Lipinski definition) is 3. The average Bonchev–Trinajstić information content (AvgIpc) is 2.50. The molecular formula is C6H9NO2. The van der Waals surface area contributed by atoms with Crippen LogP contribution in [0.1, 0.15) is 13.3 Å². The molecule has 0 radical (unpaired) electrons.